The molecule has 124 valence electrons. The molecule has 2 amide bonds. The lowest BCUT2D eigenvalue weighted by molar-refractivity contribution is -0.165. The van der Waals surface area contributed by atoms with Crippen molar-refractivity contribution in [2.75, 3.05) is 6.54 Å². The first-order chi connectivity index (χ1) is 10.7. The molecule has 4 nitrogen and oxygen atoms in total. The van der Waals surface area contributed by atoms with Gasteiger partial charge in [-0.15, -0.1) is 6.42 Å². The van der Waals surface area contributed by atoms with Gasteiger partial charge in [-0.05, 0) is 12.1 Å². The Morgan fingerprint density at radius 2 is 1.74 bits per heavy atom. The molecule has 0 saturated heterocycles. The summed E-state index contributed by atoms with van der Waals surface area (Å²) in [5.41, 5.74) is -1.35. The van der Waals surface area contributed by atoms with Gasteiger partial charge in [0.2, 0.25) is 11.8 Å². The van der Waals surface area contributed by atoms with Crippen molar-refractivity contribution in [1.82, 2.24) is 10.6 Å². The fourth-order valence-corrected chi connectivity index (χ4v) is 1.67. The van der Waals surface area contributed by atoms with E-state index in [9.17, 15) is 31.5 Å². The molecule has 0 saturated carbocycles. The van der Waals surface area contributed by atoms with Crippen LogP contribution in [0.2, 0.25) is 0 Å². The summed E-state index contributed by atoms with van der Waals surface area (Å²) in [7, 11) is 0. The fraction of sp³-hybridized carbons (Fsp3) is 0.286. The summed E-state index contributed by atoms with van der Waals surface area (Å²) < 4.78 is 66.0. The standard InChI is InChI=1S/C14H11F5N2O2/c1-2-6-20-10(22)7-11(23)21-13(14(17,18)19)12-8(15)4-3-5-9(12)16/h1,3-5,13H,6-7H2,(H,20,22)(H,21,23). The molecule has 1 atom stereocenters. The Labute approximate surface area is 128 Å². The van der Waals surface area contributed by atoms with Crippen molar-refractivity contribution in [2.45, 2.75) is 18.6 Å². The SMILES string of the molecule is C#CCNC(=O)CC(=O)NC(c1c(F)cccc1F)C(F)(F)F. The van der Waals surface area contributed by atoms with Gasteiger partial charge in [-0.25, -0.2) is 8.78 Å². The van der Waals surface area contributed by atoms with Gasteiger partial charge in [-0.1, -0.05) is 12.0 Å². The van der Waals surface area contributed by atoms with Crippen molar-refractivity contribution < 1.29 is 31.5 Å². The zero-order valence-corrected chi connectivity index (χ0v) is 11.5. The Bertz CT molecular complexity index is 617. The van der Waals surface area contributed by atoms with E-state index in [1.807, 2.05) is 5.92 Å². The quantitative estimate of drug-likeness (QED) is 0.490. The minimum atomic E-state index is -5.16. The van der Waals surface area contributed by atoms with Gasteiger partial charge in [0.05, 0.1) is 12.1 Å². The number of rotatable bonds is 5. The molecular formula is C14H11F5N2O2. The topological polar surface area (TPSA) is 58.2 Å². The highest BCUT2D eigenvalue weighted by Crippen LogP contribution is 2.35. The number of nitrogens with one attached hydrogen (secondary N) is 2. The van der Waals surface area contributed by atoms with Crippen molar-refractivity contribution in [1.29, 1.82) is 0 Å². The van der Waals surface area contributed by atoms with Crippen molar-refractivity contribution in [3.8, 4) is 12.3 Å². The zero-order chi connectivity index (χ0) is 17.6. The molecule has 0 spiro atoms. The van der Waals surface area contributed by atoms with Gasteiger partial charge in [-0.3, -0.25) is 9.59 Å². The predicted octanol–water partition coefficient (Wildman–Crippen LogP) is 1.82. The van der Waals surface area contributed by atoms with Gasteiger partial charge in [0.15, 0.2) is 6.04 Å². The van der Waals surface area contributed by atoms with Crippen LogP contribution in [0.25, 0.3) is 0 Å². The molecule has 0 aliphatic rings. The first-order valence-corrected chi connectivity index (χ1v) is 6.17. The van der Waals surface area contributed by atoms with Crippen LogP contribution in [0.4, 0.5) is 22.0 Å². The molecular weight excluding hydrogens is 323 g/mol. The number of hydrogen-bond acceptors (Lipinski definition) is 2. The second-order valence-electron chi connectivity index (χ2n) is 4.34. The van der Waals surface area contributed by atoms with Crippen LogP contribution in [0.15, 0.2) is 18.2 Å². The third-order valence-corrected chi connectivity index (χ3v) is 2.63. The van der Waals surface area contributed by atoms with Crippen LogP contribution in [-0.2, 0) is 9.59 Å². The summed E-state index contributed by atoms with van der Waals surface area (Å²) in [5.74, 6) is -3.18. The Morgan fingerprint density at radius 1 is 1.17 bits per heavy atom. The molecule has 0 aromatic heterocycles. The molecule has 23 heavy (non-hydrogen) atoms. The molecule has 0 fully saturated rings. The molecule has 1 aromatic rings. The van der Waals surface area contributed by atoms with E-state index >= 15 is 0 Å². The third-order valence-electron chi connectivity index (χ3n) is 2.63. The van der Waals surface area contributed by atoms with E-state index in [0.717, 1.165) is 6.07 Å². The van der Waals surface area contributed by atoms with E-state index in [4.69, 9.17) is 6.42 Å². The summed E-state index contributed by atoms with van der Waals surface area (Å²) >= 11 is 0. The van der Waals surface area contributed by atoms with Gasteiger partial charge in [0.1, 0.15) is 18.1 Å². The summed E-state index contributed by atoms with van der Waals surface area (Å²) in [5, 5.41) is 3.48. The van der Waals surface area contributed by atoms with Crippen LogP contribution >= 0.6 is 0 Å². The maximum absolute atomic E-state index is 13.5. The number of carbonyl (C=O) groups excluding carboxylic acids is 2. The zero-order valence-electron chi connectivity index (χ0n) is 11.5. The minimum absolute atomic E-state index is 0.212. The first kappa shape index (κ1) is 18.4. The first-order valence-electron chi connectivity index (χ1n) is 6.17. The van der Waals surface area contributed by atoms with Gasteiger partial charge in [0, 0.05) is 0 Å². The normalized spacial score (nSPS) is 12.2. The lowest BCUT2D eigenvalue weighted by Gasteiger charge is -2.22. The van der Waals surface area contributed by atoms with E-state index in [0.29, 0.717) is 12.1 Å². The minimum Gasteiger partial charge on any atom is -0.345 e. The molecule has 0 aliphatic carbocycles. The molecule has 2 N–H and O–H groups in total. The van der Waals surface area contributed by atoms with Gasteiger partial charge in [-0.2, -0.15) is 13.2 Å². The van der Waals surface area contributed by atoms with Crippen molar-refractivity contribution in [2.24, 2.45) is 0 Å². The van der Waals surface area contributed by atoms with Crippen LogP contribution in [0.5, 0.6) is 0 Å². The largest absolute Gasteiger partial charge is 0.413 e. The maximum atomic E-state index is 13.5. The van der Waals surface area contributed by atoms with Gasteiger partial charge >= 0.3 is 6.18 Å². The third kappa shape index (κ3) is 5.25. The highest BCUT2D eigenvalue weighted by Gasteiger charge is 2.44. The second-order valence-corrected chi connectivity index (χ2v) is 4.34. The molecule has 1 aromatic carbocycles. The van der Waals surface area contributed by atoms with E-state index in [-0.39, 0.29) is 6.54 Å². The maximum Gasteiger partial charge on any atom is 0.413 e. The number of terminal acetylenes is 1. The van der Waals surface area contributed by atoms with E-state index in [1.165, 1.54) is 5.32 Å². The van der Waals surface area contributed by atoms with Crippen LogP contribution in [-0.4, -0.2) is 24.5 Å². The molecule has 0 aliphatic heterocycles. The number of halogens is 5. The van der Waals surface area contributed by atoms with Crippen LogP contribution in [0.1, 0.15) is 18.0 Å². The van der Waals surface area contributed by atoms with Crippen molar-refractivity contribution in [3.63, 3.8) is 0 Å². The lowest BCUT2D eigenvalue weighted by Crippen LogP contribution is -2.41. The Morgan fingerprint density at radius 3 is 2.22 bits per heavy atom. The number of benzene rings is 1. The molecule has 9 heteroatoms. The Hall–Kier alpha value is -2.63. The highest BCUT2D eigenvalue weighted by molar-refractivity contribution is 5.97. The van der Waals surface area contributed by atoms with Gasteiger partial charge < -0.3 is 10.6 Å². The van der Waals surface area contributed by atoms with Crippen molar-refractivity contribution in [3.05, 3.63) is 35.4 Å². The van der Waals surface area contributed by atoms with E-state index in [2.05, 4.69) is 5.32 Å². The summed E-state index contributed by atoms with van der Waals surface area (Å²) in [6.45, 7) is -0.212. The average Bonchev–Trinajstić information content (AvgIpc) is 2.42. The Kier molecular flexibility index (Phi) is 6.07. The summed E-state index contributed by atoms with van der Waals surface area (Å²) in [6.07, 6.45) is -1.27. The van der Waals surface area contributed by atoms with Gasteiger partial charge in [0.25, 0.3) is 0 Å². The fourth-order valence-electron chi connectivity index (χ4n) is 1.67. The number of carbonyl (C=O) groups is 2. The van der Waals surface area contributed by atoms with Crippen LogP contribution < -0.4 is 10.6 Å². The van der Waals surface area contributed by atoms with E-state index in [1.54, 1.807) is 0 Å². The molecule has 1 rings (SSSR count). The Balaban J connectivity index is 2.96. The number of alkyl halides is 3. The van der Waals surface area contributed by atoms with Crippen LogP contribution in [0, 0.1) is 24.0 Å². The molecule has 0 bridgehead atoms. The highest BCUT2D eigenvalue weighted by atomic mass is 19.4. The molecule has 1 unspecified atom stereocenters. The number of amides is 2. The average molecular weight is 334 g/mol. The smallest absolute Gasteiger partial charge is 0.345 e. The molecule has 0 heterocycles. The van der Waals surface area contributed by atoms with E-state index < -0.39 is 47.7 Å². The number of hydrogen-bond donors (Lipinski definition) is 2. The monoisotopic (exact) mass is 334 g/mol. The second kappa shape index (κ2) is 7.58. The lowest BCUT2D eigenvalue weighted by atomic mass is 10.0. The summed E-state index contributed by atoms with van der Waals surface area (Å²) in [4.78, 5) is 22.7. The summed E-state index contributed by atoms with van der Waals surface area (Å²) in [6, 6.07) is -0.778. The molecule has 0 radical (unpaired) electrons. The van der Waals surface area contributed by atoms with Crippen LogP contribution in [0.3, 0.4) is 0 Å². The van der Waals surface area contributed by atoms with Crippen molar-refractivity contribution >= 4 is 11.8 Å². The predicted molar refractivity (Wildman–Crippen MR) is 69.8 cm³/mol.